The molecule has 0 bridgehead atoms. The average Bonchev–Trinajstić information content (AvgIpc) is 2.82. The molecule has 6 heteroatoms. The molecule has 1 saturated heterocycles. The van der Waals surface area contributed by atoms with Crippen LogP contribution in [0.5, 0.6) is 11.5 Å². The molecule has 1 amide bonds. The van der Waals surface area contributed by atoms with E-state index in [0.29, 0.717) is 11.3 Å². The Balaban J connectivity index is 1.24. The summed E-state index contributed by atoms with van der Waals surface area (Å²) >= 11 is 0. The van der Waals surface area contributed by atoms with E-state index >= 15 is 0 Å². The lowest BCUT2D eigenvalue weighted by atomic mass is 10.0. The number of nitrogens with one attached hydrogen (secondary N) is 1. The second kappa shape index (κ2) is 10.7. The summed E-state index contributed by atoms with van der Waals surface area (Å²) in [4.78, 5) is 18.7. The maximum absolute atomic E-state index is 14.3. The molecule has 1 N–H and O–H groups in total. The fourth-order valence-corrected chi connectivity index (χ4v) is 3.74. The molecule has 3 aromatic rings. The first-order chi connectivity index (χ1) is 15.7. The van der Waals surface area contributed by atoms with Crippen molar-refractivity contribution in [1.82, 2.24) is 15.2 Å². The van der Waals surface area contributed by atoms with Crippen LogP contribution in [0.2, 0.25) is 0 Å². The molecule has 5 nitrogen and oxygen atoms in total. The Morgan fingerprint density at radius 2 is 1.94 bits per heavy atom. The van der Waals surface area contributed by atoms with E-state index in [2.05, 4.69) is 39.5 Å². The van der Waals surface area contributed by atoms with Crippen LogP contribution in [-0.4, -0.2) is 34.9 Å². The van der Waals surface area contributed by atoms with Crippen molar-refractivity contribution >= 4 is 12.0 Å². The summed E-state index contributed by atoms with van der Waals surface area (Å²) in [5.41, 5.74) is 1.90. The summed E-state index contributed by atoms with van der Waals surface area (Å²) in [5, 5.41) is 3.05. The third-order valence-corrected chi connectivity index (χ3v) is 5.43. The Bertz CT molecular complexity index is 1050. The Labute approximate surface area is 187 Å². The van der Waals surface area contributed by atoms with E-state index < -0.39 is 5.82 Å². The monoisotopic (exact) mass is 431 g/mol. The number of nitrogens with zero attached hydrogens (tertiary/aromatic N) is 2. The van der Waals surface area contributed by atoms with Crippen molar-refractivity contribution in [3.8, 4) is 11.5 Å². The number of rotatable bonds is 7. The Morgan fingerprint density at radius 3 is 2.66 bits per heavy atom. The van der Waals surface area contributed by atoms with Crippen LogP contribution >= 0.6 is 0 Å². The summed E-state index contributed by atoms with van der Waals surface area (Å²) in [7, 11) is 0. The summed E-state index contributed by atoms with van der Waals surface area (Å²) in [6.45, 7) is 2.84. The van der Waals surface area contributed by atoms with Gasteiger partial charge in [-0.15, -0.1) is 0 Å². The van der Waals surface area contributed by atoms with Crippen LogP contribution in [0.15, 0.2) is 79.1 Å². The van der Waals surface area contributed by atoms with Gasteiger partial charge in [-0.1, -0.05) is 36.4 Å². The number of likely N-dealkylation sites (tertiary alicyclic amines) is 1. The van der Waals surface area contributed by atoms with Gasteiger partial charge in [0.1, 0.15) is 5.75 Å². The molecule has 1 aromatic heterocycles. The van der Waals surface area contributed by atoms with Gasteiger partial charge in [-0.2, -0.15) is 0 Å². The number of benzene rings is 2. The van der Waals surface area contributed by atoms with Gasteiger partial charge in [0.15, 0.2) is 11.6 Å². The van der Waals surface area contributed by atoms with Crippen molar-refractivity contribution < 1.29 is 13.9 Å². The van der Waals surface area contributed by atoms with Crippen LogP contribution in [0, 0.1) is 5.82 Å². The van der Waals surface area contributed by atoms with Gasteiger partial charge in [0.25, 0.3) is 0 Å². The zero-order valence-corrected chi connectivity index (χ0v) is 17.8. The number of hydrogen-bond donors (Lipinski definition) is 1. The van der Waals surface area contributed by atoms with Crippen LogP contribution in [0.1, 0.15) is 24.0 Å². The second-order valence-electron chi connectivity index (χ2n) is 7.86. The predicted octanol–water partition coefficient (Wildman–Crippen LogP) is 4.81. The Morgan fingerprint density at radius 1 is 1.12 bits per heavy atom. The van der Waals surface area contributed by atoms with E-state index in [-0.39, 0.29) is 17.7 Å². The number of hydrogen-bond acceptors (Lipinski definition) is 4. The lowest BCUT2D eigenvalue weighted by Crippen LogP contribution is -2.43. The Kier molecular flexibility index (Phi) is 7.25. The lowest BCUT2D eigenvalue weighted by Gasteiger charge is -2.32. The maximum atomic E-state index is 14.3. The molecule has 0 spiro atoms. The van der Waals surface area contributed by atoms with Gasteiger partial charge < -0.3 is 10.1 Å². The van der Waals surface area contributed by atoms with Crippen LogP contribution in [0.4, 0.5) is 4.39 Å². The summed E-state index contributed by atoms with van der Waals surface area (Å²) in [6.07, 6.45) is 8.03. The molecule has 164 valence electrons. The van der Waals surface area contributed by atoms with Crippen molar-refractivity contribution in [1.29, 1.82) is 0 Å². The number of carbonyl (C=O) groups excluding carboxylic acids is 1. The minimum atomic E-state index is -0.498. The van der Waals surface area contributed by atoms with Crippen LogP contribution in [-0.2, 0) is 11.3 Å². The number of piperidine rings is 1. The largest absolute Gasteiger partial charge is 0.453 e. The van der Waals surface area contributed by atoms with E-state index in [9.17, 15) is 9.18 Å². The van der Waals surface area contributed by atoms with Crippen molar-refractivity contribution in [2.45, 2.75) is 25.4 Å². The van der Waals surface area contributed by atoms with Gasteiger partial charge in [-0.05, 0) is 54.3 Å². The highest BCUT2D eigenvalue weighted by atomic mass is 19.1. The molecule has 1 fully saturated rings. The molecular formula is C26H26FN3O2. The molecule has 1 aliphatic rings. The average molecular weight is 432 g/mol. The summed E-state index contributed by atoms with van der Waals surface area (Å²) in [5.74, 6) is -0.0875. The van der Waals surface area contributed by atoms with E-state index in [1.54, 1.807) is 36.5 Å². The van der Waals surface area contributed by atoms with Crippen molar-refractivity contribution in [3.05, 3.63) is 96.1 Å². The van der Waals surface area contributed by atoms with Gasteiger partial charge in [0, 0.05) is 37.9 Å². The molecule has 0 unspecified atom stereocenters. The van der Waals surface area contributed by atoms with Crippen LogP contribution in [0.3, 0.4) is 0 Å². The molecule has 2 heterocycles. The predicted molar refractivity (Wildman–Crippen MR) is 123 cm³/mol. The molecule has 0 atom stereocenters. The van der Waals surface area contributed by atoms with E-state index in [0.717, 1.165) is 32.5 Å². The summed E-state index contributed by atoms with van der Waals surface area (Å²) < 4.78 is 19.8. The minimum Gasteiger partial charge on any atom is -0.453 e. The number of aromatic nitrogens is 1. The third kappa shape index (κ3) is 6.25. The first kappa shape index (κ1) is 21.7. The normalized spacial score (nSPS) is 15.0. The van der Waals surface area contributed by atoms with E-state index in [1.807, 2.05) is 6.07 Å². The second-order valence-corrected chi connectivity index (χ2v) is 7.86. The highest BCUT2D eigenvalue weighted by Gasteiger charge is 2.20. The SMILES string of the molecule is O=C(/C=C/c1ccc(Oc2cccnc2)c(F)c1)NC1CCN(Cc2ccccc2)CC1. The van der Waals surface area contributed by atoms with Gasteiger partial charge in [-0.25, -0.2) is 4.39 Å². The number of amides is 1. The molecule has 32 heavy (non-hydrogen) atoms. The van der Waals surface area contributed by atoms with Gasteiger partial charge in [-0.3, -0.25) is 14.7 Å². The van der Waals surface area contributed by atoms with Gasteiger partial charge >= 0.3 is 0 Å². The van der Waals surface area contributed by atoms with Gasteiger partial charge in [0.05, 0.1) is 6.20 Å². The molecule has 0 saturated carbocycles. The molecule has 2 aromatic carbocycles. The molecular weight excluding hydrogens is 405 g/mol. The first-order valence-electron chi connectivity index (χ1n) is 10.8. The molecule has 1 aliphatic heterocycles. The molecule has 0 aliphatic carbocycles. The smallest absolute Gasteiger partial charge is 0.244 e. The lowest BCUT2D eigenvalue weighted by molar-refractivity contribution is -0.117. The van der Waals surface area contributed by atoms with E-state index in [1.165, 1.54) is 23.9 Å². The minimum absolute atomic E-state index is 0.113. The van der Waals surface area contributed by atoms with Crippen molar-refractivity contribution in [3.63, 3.8) is 0 Å². The quantitative estimate of drug-likeness (QED) is 0.546. The standard InChI is InChI=1S/C26H26FN3O2/c27-24-17-20(8-10-25(24)32-23-7-4-14-28-18-23)9-11-26(31)29-22-12-15-30(16-13-22)19-21-5-2-1-3-6-21/h1-11,14,17-18,22H,12-13,15-16,19H2,(H,29,31)/b11-9+. The zero-order valence-electron chi connectivity index (χ0n) is 17.8. The maximum Gasteiger partial charge on any atom is 0.244 e. The van der Waals surface area contributed by atoms with Crippen molar-refractivity contribution in [2.24, 2.45) is 0 Å². The van der Waals surface area contributed by atoms with Crippen LogP contribution in [0.25, 0.3) is 6.08 Å². The molecule has 4 rings (SSSR count). The number of ether oxygens (including phenoxy) is 1. The van der Waals surface area contributed by atoms with E-state index in [4.69, 9.17) is 4.74 Å². The Hall–Kier alpha value is -3.51. The van der Waals surface area contributed by atoms with Crippen LogP contribution < -0.4 is 10.1 Å². The number of carbonyl (C=O) groups is 1. The van der Waals surface area contributed by atoms with Crippen molar-refractivity contribution in [2.75, 3.05) is 13.1 Å². The summed E-state index contributed by atoms with van der Waals surface area (Å²) in [6, 6.07) is 18.6. The highest BCUT2D eigenvalue weighted by molar-refractivity contribution is 5.91. The topological polar surface area (TPSA) is 54.5 Å². The highest BCUT2D eigenvalue weighted by Crippen LogP contribution is 2.25. The fraction of sp³-hybridized carbons (Fsp3) is 0.231. The molecule has 0 radical (unpaired) electrons. The number of halogens is 1. The first-order valence-corrected chi connectivity index (χ1v) is 10.8. The fourth-order valence-electron chi connectivity index (χ4n) is 3.74. The number of pyridine rings is 1. The zero-order chi connectivity index (χ0) is 22.2. The third-order valence-electron chi connectivity index (χ3n) is 5.43. The van der Waals surface area contributed by atoms with Gasteiger partial charge in [0.2, 0.25) is 5.91 Å².